The van der Waals surface area contributed by atoms with E-state index < -0.39 is 22.8 Å². The van der Waals surface area contributed by atoms with E-state index in [4.69, 9.17) is 0 Å². The Morgan fingerprint density at radius 3 is 2.65 bits per heavy atom. The molecule has 1 amide bonds. The molecule has 8 heteroatoms. The Kier molecular flexibility index (Phi) is 5.73. The van der Waals surface area contributed by atoms with Crippen molar-refractivity contribution in [2.45, 2.75) is 17.3 Å². The molecule has 1 heterocycles. The number of hydrogen-bond acceptors (Lipinski definition) is 3. The zero-order valence-electron chi connectivity index (χ0n) is 13.6. The Morgan fingerprint density at radius 1 is 1.23 bits per heavy atom. The number of carbonyl (C=O) groups is 1. The second-order valence-corrected chi connectivity index (χ2v) is 7.73. The molecule has 0 fully saturated rings. The lowest BCUT2D eigenvalue weighted by Crippen LogP contribution is -2.23. The van der Waals surface area contributed by atoms with E-state index in [0.29, 0.717) is 5.16 Å². The van der Waals surface area contributed by atoms with Gasteiger partial charge in [0.1, 0.15) is 11.6 Å². The third-order valence-corrected chi connectivity index (χ3v) is 5.08. The van der Waals surface area contributed by atoms with Crippen molar-refractivity contribution in [1.82, 2.24) is 9.97 Å². The summed E-state index contributed by atoms with van der Waals surface area (Å²) in [7, 11) is 0. The van der Waals surface area contributed by atoms with Gasteiger partial charge in [-0.25, -0.2) is 13.8 Å². The number of thioether (sulfide) groups is 1. The fourth-order valence-corrected chi connectivity index (χ4v) is 3.23. The number of aromatic nitrogens is 2. The summed E-state index contributed by atoms with van der Waals surface area (Å²) in [5.41, 5.74) is 1.74. The van der Waals surface area contributed by atoms with Crippen LogP contribution in [-0.4, -0.2) is 21.1 Å². The van der Waals surface area contributed by atoms with Crippen molar-refractivity contribution in [1.29, 1.82) is 0 Å². The van der Waals surface area contributed by atoms with Gasteiger partial charge in [-0.3, -0.25) is 4.79 Å². The molecule has 0 spiro atoms. The first-order valence-corrected chi connectivity index (χ1v) is 9.33. The summed E-state index contributed by atoms with van der Waals surface area (Å²) in [4.78, 5) is 19.6. The lowest BCUT2D eigenvalue weighted by Gasteiger charge is -2.11. The topological polar surface area (TPSA) is 57.8 Å². The highest BCUT2D eigenvalue weighted by Crippen LogP contribution is 2.26. The van der Waals surface area contributed by atoms with Crippen LogP contribution in [0.25, 0.3) is 11.3 Å². The number of nitrogens with zero attached hydrogens (tertiary/aromatic N) is 1. The molecular formula is C18H14BrF2N3OS. The third kappa shape index (κ3) is 4.50. The van der Waals surface area contributed by atoms with Crippen LogP contribution in [0.5, 0.6) is 0 Å². The lowest BCUT2D eigenvalue weighted by atomic mass is 10.2. The largest absolute Gasteiger partial charge is 0.333 e. The Hall–Kier alpha value is -2.19. The summed E-state index contributed by atoms with van der Waals surface area (Å²) in [6, 6.07) is 10.8. The maximum absolute atomic E-state index is 13.6. The van der Waals surface area contributed by atoms with Crippen molar-refractivity contribution >= 4 is 39.3 Å². The molecule has 0 aliphatic carbocycles. The van der Waals surface area contributed by atoms with Crippen LogP contribution in [0.3, 0.4) is 0 Å². The highest BCUT2D eigenvalue weighted by molar-refractivity contribution is 9.10. The summed E-state index contributed by atoms with van der Waals surface area (Å²) >= 11 is 4.60. The van der Waals surface area contributed by atoms with Crippen molar-refractivity contribution in [3.63, 3.8) is 0 Å². The van der Waals surface area contributed by atoms with Gasteiger partial charge in [0.15, 0.2) is 5.16 Å². The van der Waals surface area contributed by atoms with E-state index in [0.717, 1.165) is 27.9 Å². The Labute approximate surface area is 161 Å². The summed E-state index contributed by atoms with van der Waals surface area (Å²) in [5, 5.41) is 2.50. The predicted octanol–water partition coefficient (Wildman–Crippen LogP) is 5.24. The van der Waals surface area contributed by atoms with Gasteiger partial charge < -0.3 is 10.3 Å². The van der Waals surface area contributed by atoms with Crippen LogP contribution in [0.2, 0.25) is 0 Å². The van der Waals surface area contributed by atoms with E-state index in [9.17, 15) is 13.6 Å². The van der Waals surface area contributed by atoms with Crippen molar-refractivity contribution in [3.8, 4) is 11.3 Å². The fourth-order valence-electron chi connectivity index (χ4n) is 2.19. The van der Waals surface area contributed by atoms with Gasteiger partial charge in [-0.2, -0.15) is 0 Å². The smallest absolute Gasteiger partial charge is 0.237 e. The minimum Gasteiger partial charge on any atom is -0.333 e. The SMILES string of the molecule is CC(Sc1ncc(-c2ccc(Br)cc2)[nH]1)C(=O)Nc1ccc(F)cc1F. The van der Waals surface area contributed by atoms with Crippen LogP contribution in [0.15, 0.2) is 58.3 Å². The van der Waals surface area contributed by atoms with Crippen molar-refractivity contribution < 1.29 is 13.6 Å². The zero-order valence-corrected chi connectivity index (χ0v) is 16.0. The minimum absolute atomic E-state index is 0.0566. The molecule has 1 aromatic heterocycles. The molecule has 0 radical (unpaired) electrons. The summed E-state index contributed by atoms with van der Waals surface area (Å²) in [6.45, 7) is 1.68. The number of aromatic amines is 1. The van der Waals surface area contributed by atoms with Crippen LogP contribution < -0.4 is 5.32 Å². The Bertz CT molecular complexity index is 930. The number of amides is 1. The van der Waals surface area contributed by atoms with Crippen LogP contribution in [0.1, 0.15) is 6.92 Å². The number of hydrogen-bond donors (Lipinski definition) is 2. The molecule has 1 atom stereocenters. The maximum Gasteiger partial charge on any atom is 0.237 e. The first kappa shape index (κ1) is 18.6. The Morgan fingerprint density at radius 2 is 1.96 bits per heavy atom. The average molecular weight is 438 g/mol. The molecule has 0 aliphatic heterocycles. The molecular weight excluding hydrogens is 424 g/mol. The van der Waals surface area contributed by atoms with E-state index in [2.05, 4.69) is 31.2 Å². The number of imidazole rings is 1. The van der Waals surface area contributed by atoms with Gasteiger partial charge in [0.2, 0.25) is 5.91 Å². The molecule has 3 aromatic rings. The van der Waals surface area contributed by atoms with Gasteiger partial charge in [-0.15, -0.1) is 0 Å². The monoisotopic (exact) mass is 437 g/mol. The summed E-state index contributed by atoms with van der Waals surface area (Å²) in [5.74, 6) is -1.91. The second-order valence-electron chi connectivity index (χ2n) is 5.48. The molecule has 0 saturated carbocycles. The predicted molar refractivity (Wildman–Crippen MR) is 102 cm³/mol. The van der Waals surface area contributed by atoms with E-state index in [1.54, 1.807) is 13.1 Å². The van der Waals surface area contributed by atoms with E-state index in [1.165, 1.54) is 17.8 Å². The van der Waals surface area contributed by atoms with Gasteiger partial charge >= 0.3 is 0 Å². The summed E-state index contributed by atoms with van der Waals surface area (Å²) in [6.07, 6.45) is 1.69. The Balaban J connectivity index is 1.65. The van der Waals surface area contributed by atoms with Gasteiger partial charge in [0.25, 0.3) is 0 Å². The standard InChI is InChI=1S/C18H14BrF2N3OS/c1-10(17(25)23-15-7-6-13(20)8-14(15)21)26-18-22-9-16(24-18)11-2-4-12(19)5-3-11/h2-10H,1H3,(H,22,24)(H,23,25). The van der Waals surface area contributed by atoms with Crippen LogP contribution in [0, 0.1) is 11.6 Å². The van der Waals surface area contributed by atoms with Gasteiger partial charge in [-0.1, -0.05) is 39.8 Å². The highest BCUT2D eigenvalue weighted by atomic mass is 79.9. The zero-order chi connectivity index (χ0) is 18.7. The van der Waals surface area contributed by atoms with Crippen molar-refractivity contribution in [3.05, 3.63) is 64.8 Å². The molecule has 0 bridgehead atoms. The first-order chi connectivity index (χ1) is 12.4. The lowest BCUT2D eigenvalue weighted by molar-refractivity contribution is -0.115. The highest BCUT2D eigenvalue weighted by Gasteiger charge is 2.18. The number of halogens is 3. The van der Waals surface area contributed by atoms with Gasteiger partial charge in [-0.05, 0) is 36.8 Å². The molecule has 134 valence electrons. The fraction of sp³-hybridized carbons (Fsp3) is 0.111. The first-order valence-electron chi connectivity index (χ1n) is 7.66. The average Bonchev–Trinajstić information content (AvgIpc) is 3.06. The number of nitrogens with one attached hydrogen (secondary N) is 2. The number of H-pyrrole nitrogens is 1. The third-order valence-electron chi connectivity index (χ3n) is 3.55. The number of rotatable bonds is 5. The minimum atomic E-state index is -0.814. The van der Waals surface area contributed by atoms with E-state index >= 15 is 0 Å². The molecule has 2 N–H and O–H groups in total. The molecule has 26 heavy (non-hydrogen) atoms. The molecule has 1 unspecified atom stereocenters. The molecule has 4 nitrogen and oxygen atoms in total. The molecule has 0 saturated heterocycles. The van der Waals surface area contributed by atoms with Crippen molar-refractivity contribution in [2.24, 2.45) is 0 Å². The summed E-state index contributed by atoms with van der Waals surface area (Å²) < 4.78 is 27.5. The van der Waals surface area contributed by atoms with E-state index in [-0.39, 0.29) is 5.69 Å². The quantitative estimate of drug-likeness (QED) is 0.536. The molecule has 0 aliphatic rings. The normalized spacial score (nSPS) is 12.0. The molecule has 3 rings (SSSR count). The molecule has 2 aromatic carbocycles. The second kappa shape index (κ2) is 8.01. The van der Waals surface area contributed by atoms with Crippen LogP contribution in [0.4, 0.5) is 14.5 Å². The maximum atomic E-state index is 13.6. The van der Waals surface area contributed by atoms with Gasteiger partial charge in [0, 0.05) is 10.5 Å². The number of carbonyl (C=O) groups excluding carboxylic acids is 1. The van der Waals surface area contributed by atoms with Gasteiger partial charge in [0.05, 0.1) is 22.8 Å². The van der Waals surface area contributed by atoms with Crippen molar-refractivity contribution in [2.75, 3.05) is 5.32 Å². The van der Waals surface area contributed by atoms with Crippen LogP contribution >= 0.6 is 27.7 Å². The van der Waals surface area contributed by atoms with Crippen LogP contribution in [-0.2, 0) is 4.79 Å². The number of anilines is 1. The number of benzene rings is 2. The van der Waals surface area contributed by atoms with E-state index in [1.807, 2.05) is 24.3 Å².